The Labute approximate surface area is 208 Å². The first kappa shape index (κ1) is 21.7. The van der Waals surface area contributed by atoms with Crippen LogP contribution in [0.3, 0.4) is 0 Å². The molecule has 6 rings (SSSR count). The SMILES string of the molecule is Cc1ccc(N2C(=O)C(c3cccnc3)=C3C2=C(c2cccnc2)C(=O)N3c2ccc(C)cc2)cc1. The lowest BCUT2D eigenvalue weighted by Gasteiger charge is -2.20. The third kappa shape index (κ3) is 3.34. The van der Waals surface area contributed by atoms with E-state index in [2.05, 4.69) is 9.97 Å². The summed E-state index contributed by atoms with van der Waals surface area (Å²) in [6.45, 7) is 4.00. The third-order valence-electron chi connectivity index (χ3n) is 6.46. The highest BCUT2D eigenvalue weighted by molar-refractivity contribution is 6.43. The van der Waals surface area contributed by atoms with Gasteiger partial charge in [-0.25, -0.2) is 0 Å². The lowest BCUT2D eigenvalue weighted by molar-refractivity contribution is -0.112. The Morgan fingerprint density at radius 2 is 0.944 bits per heavy atom. The first-order valence-corrected chi connectivity index (χ1v) is 11.7. The monoisotopic (exact) mass is 470 g/mol. The number of rotatable bonds is 4. The summed E-state index contributed by atoms with van der Waals surface area (Å²) in [6.07, 6.45) is 6.66. The zero-order valence-corrected chi connectivity index (χ0v) is 19.8. The quantitative estimate of drug-likeness (QED) is 0.406. The van der Waals surface area contributed by atoms with Crippen molar-refractivity contribution in [3.05, 3.63) is 131 Å². The van der Waals surface area contributed by atoms with E-state index in [1.165, 1.54) is 0 Å². The van der Waals surface area contributed by atoms with Crippen LogP contribution < -0.4 is 9.80 Å². The van der Waals surface area contributed by atoms with E-state index in [4.69, 9.17) is 0 Å². The summed E-state index contributed by atoms with van der Waals surface area (Å²) in [5.74, 6) is -0.411. The summed E-state index contributed by atoms with van der Waals surface area (Å²) in [6, 6.07) is 22.8. The standard InChI is InChI=1S/C30H22N4O2/c1-19-7-11-23(12-8-19)33-27-25(21-5-3-15-31-17-21)30(36)34(24-13-9-20(2)10-14-24)28(27)26(29(33)35)22-6-4-16-32-18-22/h3-18H,1-2H3. The predicted octanol–water partition coefficient (Wildman–Crippen LogP) is 5.31. The number of anilines is 2. The molecule has 0 radical (unpaired) electrons. The van der Waals surface area contributed by atoms with Crippen LogP contribution in [0.5, 0.6) is 0 Å². The molecule has 6 nitrogen and oxygen atoms in total. The Hall–Kier alpha value is -4.84. The Kier molecular flexibility index (Phi) is 5.08. The van der Waals surface area contributed by atoms with E-state index in [0.717, 1.165) is 11.1 Å². The van der Waals surface area contributed by atoms with Crippen molar-refractivity contribution < 1.29 is 9.59 Å². The molecular formula is C30H22N4O2. The van der Waals surface area contributed by atoms with E-state index in [1.807, 2.05) is 74.5 Å². The summed E-state index contributed by atoms with van der Waals surface area (Å²) in [5, 5.41) is 0. The molecule has 2 amide bonds. The van der Waals surface area contributed by atoms with Crippen LogP contribution in [-0.2, 0) is 9.59 Å². The van der Waals surface area contributed by atoms with E-state index in [9.17, 15) is 9.59 Å². The second-order valence-electron chi connectivity index (χ2n) is 8.88. The van der Waals surface area contributed by atoms with Gasteiger partial charge in [0.25, 0.3) is 11.8 Å². The zero-order valence-electron chi connectivity index (χ0n) is 19.8. The lowest BCUT2D eigenvalue weighted by Crippen LogP contribution is -2.27. The Morgan fingerprint density at radius 1 is 0.556 bits per heavy atom. The molecule has 0 N–H and O–H groups in total. The number of carbonyl (C=O) groups excluding carboxylic acids is 2. The van der Waals surface area contributed by atoms with Crippen LogP contribution in [0.2, 0.25) is 0 Å². The highest BCUT2D eigenvalue weighted by Crippen LogP contribution is 2.49. The minimum absolute atomic E-state index is 0.206. The van der Waals surface area contributed by atoms with Crippen LogP contribution in [0.15, 0.2) is 109 Å². The number of benzene rings is 2. The summed E-state index contributed by atoms with van der Waals surface area (Å²) in [4.78, 5) is 40.1. The zero-order chi connectivity index (χ0) is 24.8. The van der Waals surface area contributed by atoms with Crippen LogP contribution in [-0.4, -0.2) is 21.8 Å². The normalized spacial score (nSPS) is 15.3. The van der Waals surface area contributed by atoms with Gasteiger partial charge in [-0.1, -0.05) is 47.5 Å². The average Bonchev–Trinajstić information content (AvgIpc) is 3.35. The molecule has 4 heterocycles. The topological polar surface area (TPSA) is 66.4 Å². The number of nitrogens with zero attached hydrogens (tertiary/aromatic N) is 4. The summed E-state index contributed by atoms with van der Waals surface area (Å²) in [5.41, 5.74) is 6.84. The molecule has 0 saturated carbocycles. The summed E-state index contributed by atoms with van der Waals surface area (Å²) < 4.78 is 0. The van der Waals surface area contributed by atoms with Crippen molar-refractivity contribution in [3.8, 4) is 0 Å². The van der Waals surface area contributed by atoms with Crippen molar-refractivity contribution in [2.45, 2.75) is 13.8 Å². The van der Waals surface area contributed by atoms with Gasteiger partial charge >= 0.3 is 0 Å². The van der Waals surface area contributed by atoms with Crippen molar-refractivity contribution in [3.63, 3.8) is 0 Å². The lowest BCUT2D eigenvalue weighted by atomic mass is 10.0. The second-order valence-corrected chi connectivity index (χ2v) is 8.88. The van der Waals surface area contributed by atoms with E-state index in [-0.39, 0.29) is 11.8 Å². The van der Waals surface area contributed by atoms with Gasteiger partial charge in [0, 0.05) is 47.3 Å². The molecular weight excluding hydrogens is 448 g/mol. The van der Waals surface area contributed by atoms with Crippen LogP contribution in [0.4, 0.5) is 11.4 Å². The van der Waals surface area contributed by atoms with Crippen LogP contribution in [0.1, 0.15) is 22.3 Å². The first-order chi connectivity index (χ1) is 17.5. The van der Waals surface area contributed by atoms with E-state index in [1.54, 1.807) is 46.7 Å². The molecule has 0 atom stereocenters. The molecule has 0 bridgehead atoms. The maximum Gasteiger partial charge on any atom is 0.265 e. The van der Waals surface area contributed by atoms with Gasteiger partial charge in [0.15, 0.2) is 0 Å². The molecule has 2 aromatic carbocycles. The highest BCUT2D eigenvalue weighted by Gasteiger charge is 2.49. The summed E-state index contributed by atoms with van der Waals surface area (Å²) >= 11 is 0. The molecule has 2 aliphatic rings. The fourth-order valence-corrected chi connectivity index (χ4v) is 4.72. The first-order valence-electron chi connectivity index (χ1n) is 11.7. The van der Waals surface area contributed by atoms with Gasteiger partial charge in [0.1, 0.15) is 0 Å². The molecule has 0 spiro atoms. The second kappa shape index (κ2) is 8.43. The fourth-order valence-electron chi connectivity index (χ4n) is 4.72. The third-order valence-corrected chi connectivity index (χ3v) is 6.46. The smallest absolute Gasteiger partial charge is 0.265 e. The Morgan fingerprint density at radius 3 is 1.28 bits per heavy atom. The molecule has 0 fully saturated rings. The molecule has 6 heteroatoms. The molecule has 4 aromatic rings. The minimum atomic E-state index is -0.206. The van der Waals surface area contributed by atoms with Crippen molar-refractivity contribution in [2.75, 3.05) is 9.80 Å². The molecule has 0 aliphatic carbocycles. The number of aryl methyl sites for hydroxylation is 2. The molecule has 36 heavy (non-hydrogen) atoms. The van der Waals surface area contributed by atoms with Crippen LogP contribution in [0, 0.1) is 13.8 Å². The molecule has 2 aliphatic heterocycles. The number of amides is 2. The Bertz CT molecular complexity index is 1430. The molecule has 2 aromatic heterocycles. The largest absolute Gasteiger partial charge is 0.274 e. The van der Waals surface area contributed by atoms with Gasteiger partial charge < -0.3 is 0 Å². The fraction of sp³-hybridized carbons (Fsp3) is 0.0667. The maximum absolute atomic E-state index is 14.2. The van der Waals surface area contributed by atoms with Crippen LogP contribution >= 0.6 is 0 Å². The highest BCUT2D eigenvalue weighted by atomic mass is 16.2. The molecule has 0 unspecified atom stereocenters. The molecule has 174 valence electrons. The van der Waals surface area contributed by atoms with Crippen molar-refractivity contribution in [2.24, 2.45) is 0 Å². The number of hydrogen-bond acceptors (Lipinski definition) is 4. The van der Waals surface area contributed by atoms with Gasteiger partial charge in [-0.05, 0) is 50.2 Å². The number of aromatic nitrogens is 2. The van der Waals surface area contributed by atoms with E-state index in [0.29, 0.717) is 45.0 Å². The van der Waals surface area contributed by atoms with Crippen molar-refractivity contribution >= 4 is 34.3 Å². The molecule has 0 saturated heterocycles. The van der Waals surface area contributed by atoms with Crippen molar-refractivity contribution in [1.29, 1.82) is 0 Å². The van der Waals surface area contributed by atoms with Gasteiger partial charge in [-0.3, -0.25) is 29.4 Å². The van der Waals surface area contributed by atoms with E-state index < -0.39 is 0 Å². The predicted molar refractivity (Wildman–Crippen MR) is 140 cm³/mol. The number of hydrogen-bond donors (Lipinski definition) is 0. The summed E-state index contributed by atoms with van der Waals surface area (Å²) in [7, 11) is 0. The van der Waals surface area contributed by atoms with Gasteiger partial charge in [0.2, 0.25) is 0 Å². The van der Waals surface area contributed by atoms with E-state index >= 15 is 0 Å². The average molecular weight is 471 g/mol. The van der Waals surface area contributed by atoms with Gasteiger partial charge in [-0.15, -0.1) is 0 Å². The van der Waals surface area contributed by atoms with Crippen LogP contribution in [0.25, 0.3) is 11.1 Å². The van der Waals surface area contributed by atoms with Gasteiger partial charge in [-0.2, -0.15) is 0 Å². The maximum atomic E-state index is 14.2. The Balaban J connectivity index is 1.68. The number of fused-ring (bicyclic) bond motifs is 1. The number of pyridine rings is 2. The van der Waals surface area contributed by atoms with Gasteiger partial charge in [0.05, 0.1) is 22.5 Å². The number of carbonyl (C=O) groups is 2. The minimum Gasteiger partial charge on any atom is -0.274 e. The van der Waals surface area contributed by atoms with Crippen molar-refractivity contribution in [1.82, 2.24) is 9.97 Å².